The van der Waals surface area contributed by atoms with Gasteiger partial charge in [0.2, 0.25) is 0 Å². The van der Waals surface area contributed by atoms with Crippen LogP contribution >= 0.6 is 0 Å². The van der Waals surface area contributed by atoms with E-state index in [4.69, 9.17) is 9.47 Å². The fourth-order valence-corrected chi connectivity index (χ4v) is 2.60. The molecule has 20 heavy (non-hydrogen) atoms. The number of piperidine rings is 1. The van der Waals surface area contributed by atoms with Crippen molar-refractivity contribution >= 4 is 5.82 Å². The lowest BCUT2D eigenvalue weighted by molar-refractivity contribution is -0.169. The lowest BCUT2D eigenvalue weighted by atomic mass is 10.0. The molecule has 0 amide bonds. The van der Waals surface area contributed by atoms with Gasteiger partial charge in [-0.05, 0) is 12.1 Å². The normalized spacial score (nSPS) is 22.4. The molecule has 2 aliphatic heterocycles. The highest BCUT2D eigenvalue weighted by atomic mass is 19.4. The standard InChI is InChI=1S/C13H15F3N2O2/c14-13(15,16)10-1-2-11(17-9-10)18-5-3-12(4-6-18)19-7-8-20-12/h1-2,9H,3-8H2. The van der Waals surface area contributed by atoms with Crippen molar-refractivity contribution in [3.63, 3.8) is 0 Å². The van der Waals surface area contributed by atoms with Crippen molar-refractivity contribution in [2.75, 3.05) is 31.2 Å². The number of anilines is 1. The Bertz CT molecular complexity index is 459. The predicted molar refractivity (Wildman–Crippen MR) is 65.3 cm³/mol. The van der Waals surface area contributed by atoms with E-state index in [2.05, 4.69) is 4.98 Å². The van der Waals surface area contributed by atoms with Gasteiger partial charge >= 0.3 is 6.18 Å². The van der Waals surface area contributed by atoms with Crippen LogP contribution in [0.15, 0.2) is 18.3 Å². The Balaban J connectivity index is 1.66. The molecule has 3 heterocycles. The summed E-state index contributed by atoms with van der Waals surface area (Å²) in [5.41, 5.74) is -0.725. The first kappa shape index (κ1) is 13.6. The molecule has 7 heteroatoms. The van der Waals surface area contributed by atoms with Crippen molar-refractivity contribution < 1.29 is 22.6 Å². The van der Waals surface area contributed by atoms with Crippen LogP contribution < -0.4 is 4.90 Å². The smallest absolute Gasteiger partial charge is 0.356 e. The van der Waals surface area contributed by atoms with Crippen molar-refractivity contribution in [3.05, 3.63) is 23.9 Å². The predicted octanol–water partition coefficient (Wildman–Crippen LogP) is 2.44. The first-order valence-corrected chi connectivity index (χ1v) is 6.55. The molecule has 0 atom stereocenters. The molecule has 0 bridgehead atoms. The van der Waals surface area contributed by atoms with Crippen molar-refractivity contribution in [1.29, 1.82) is 0 Å². The van der Waals surface area contributed by atoms with E-state index >= 15 is 0 Å². The second-order valence-electron chi connectivity index (χ2n) is 5.00. The van der Waals surface area contributed by atoms with Gasteiger partial charge in [-0.3, -0.25) is 0 Å². The second kappa shape index (κ2) is 4.89. The van der Waals surface area contributed by atoms with Gasteiger partial charge in [0.15, 0.2) is 5.79 Å². The minimum absolute atomic E-state index is 0.484. The Kier molecular flexibility index (Phi) is 3.33. The maximum absolute atomic E-state index is 12.5. The van der Waals surface area contributed by atoms with Crippen LogP contribution in [0, 0.1) is 0 Å². The van der Waals surface area contributed by atoms with E-state index in [-0.39, 0.29) is 0 Å². The second-order valence-corrected chi connectivity index (χ2v) is 5.00. The fourth-order valence-electron chi connectivity index (χ4n) is 2.60. The minimum Gasteiger partial charge on any atom is -0.356 e. The van der Waals surface area contributed by atoms with Crippen LogP contribution in [0.4, 0.5) is 19.0 Å². The topological polar surface area (TPSA) is 34.6 Å². The highest BCUT2D eigenvalue weighted by Crippen LogP contribution is 2.33. The molecular weight excluding hydrogens is 273 g/mol. The van der Waals surface area contributed by atoms with Crippen molar-refractivity contribution in [1.82, 2.24) is 4.98 Å². The van der Waals surface area contributed by atoms with Gasteiger partial charge < -0.3 is 14.4 Å². The summed E-state index contributed by atoms with van der Waals surface area (Å²) in [6.07, 6.45) is -2.06. The highest BCUT2D eigenvalue weighted by molar-refractivity contribution is 5.40. The third-order valence-electron chi connectivity index (χ3n) is 3.74. The molecule has 4 nitrogen and oxygen atoms in total. The molecule has 1 spiro atoms. The molecule has 0 radical (unpaired) electrons. The van der Waals surface area contributed by atoms with Gasteiger partial charge in [0, 0.05) is 32.1 Å². The highest BCUT2D eigenvalue weighted by Gasteiger charge is 2.40. The Hall–Kier alpha value is -1.34. The zero-order valence-corrected chi connectivity index (χ0v) is 10.8. The average Bonchev–Trinajstić information content (AvgIpc) is 2.87. The van der Waals surface area contributed by atoms with Gasteiger partial charge in [0.25, 0.3) is 0 Å². The first-order valence-electron chi connectivity index (χ1n) is 6.55. The summed E-state index contributed by atoms with van der Waals surface area (Å²) < 4.78 is 48.6. The lowest BCUT2D eigenvalue weighted by Crippen LogP contribution is -2.45. The van der Waals surface area contributed by atoms with E-state index in [1.165, 1.54) is 6.07 Å². The number of rotatable bonds is 1. The molecule has 2 saturated heterocycles. The number of hydrogen-bond donors (Lipinski definition) is 0. The first-order chi connectivity index (χ1) is 9.49. The largest absolute Gasteiger partial charge is 0.417 e. The van der Waals surface area contributed by atoms with Gasteiger partial charge in [-0.15, -0.1) is 0 Å². The Labute approximate surface area is 114 Å². The van der Waals surface area contributed by atoms with Gasteiger partial charge in [-0.1, -0.05) is 0 Å². The Morgan fingerprint density at radius 2 is 1.75 bits per heavy atom. The number of nitrogens with zero attached hydrogens (tertiary/aromatic N) is 2. The molecule has 0 unspecified atom stereocenters. The summed E-state index contributed by atoms with van der Waals surface area (Å²) in [6.45, 7) is 2.55. The number of alkyl halides is 3. The molecule has 2 fully saturated rings. The van der Waals surface area contributed by atoms with Crippen LogP contribution in [0.25, 0.3) is 0 Å². The average molecular weight is 288 g/mol. The molecule has 0 saturated carbocycles. The summed E-state index contributed by atoms with van der Waals surface area (Å²) in [4.78, 5) is 5.86. The monoisotopic (exact) mass is 288 g/mol. The minimum atomic E-state index is -4.34. The van der Waals surface area contributed by atoms with Gasteiger partial charge in [0.1, 0.15) is 5.82 Å². The number of aromatic nitrogens is 1. The summed E-state index contributed by atoms with van der Waals surface area (Å²) in [5, 5.41) is 0. The molecule has 1 aromatic rings. The van der Waals surface area contributed by atoms with Crippen molar-refractivity contribution in [2.45, 2.75) is 24.8 Å². The summed E-state index contributed by atoms with van der Waals surface area (Å²) >= 11 is 0. The quantitative estimate of drug-likeness (QED) is 0.795. The molecule has 2 aliphatic rings. The molecule has 0 aromatic carbocycles. The zero-order valence-electron chi connectivity index (χ0n) is 10.8. The van der Waals surface area contributed by atoms with Crippen molar-refractivity contribution in [2.24, 2.45) is 0 Å². The summed E-state index contributed by atoms with van der Waals surface area (Å²) in [5.74, 6) is 0.0772. The van der Waals surface area contributed by atoms with E-state index in [1.807, 2.05) is 4.90 Å². The maximum atomic E-state index is 12.5. The van der Waals surface area contributed by atoms with Crippen LogP contribution in [0.3, 0.4) is 0 Å². The Morgan fingerprint density at radius 1 is 1.10 bits per heavy atom. The zero-order chi connectivity index (χ0) is 14.2. The van der Waals surface area contributed by atoms with Crippen LogP contribution in [-0.2, 0) is 15.7 Å². The van der Waals surface area contributed by atoms with E-state index in [0.717, 1.165) is 12.3 Å². The third kappa shape index (κ3) is 2.60. The molecule has 1 aromatic heterocycles. The van der Waals surface area contributed by atoms with Gasteiger partial charge in [0.05, 0.1) is 18.8 Å². The van der Waals surface area contributed by atoms with Crippen LogP contribution in [0.5, 0.6) is 0 Å². The fraction of sp³-hybridized carbons (Fsp3) is 0.615. The van der Waals surface area contributed by atoms with Crippen LogP contribution in [0.2, 0.25) is 0 Å². The number of pyridine rings is 1. The molecule has 0 N–H and O–H groups in total. The van der Waals surface area contributed by atoms with Gasteiger partial charge in [-0.25, -0.2) is 4.98 Å². The van der Waals surface area contributed by atoms with E-state index in [9.17, 15) is 13.2 Å². The van der Waals surface area contributed by atoms with Gasteiger partial charge in [-0.2, -0.15) is 13.2 Å². The number of ether oxygens (including phenoxy) is 2. The van der Waals surface area contributed by atoms with E-state index < -0.39 is 17.5 Å². The summed E-state index contributed by atoms with van der Waals surface area (Å²) in [6, 6.07) is 2.48. The van der Waals surface area contributed by atoms with E-state index in [1.54, 1.807) is 0 Å². The third-order valence-corrected chi connectivity index (χ3v) is 3.74. The number of halogens is 3. The molecule has 0 aliphatic carbocycles. The molecule has 3 rings (SSSR count). The molecular formula is C13H15F3N2O2. The van der Waals surface area contributed by atoms with Crippen LogP contribution in [-0.4, -0.2) is 37.1 Å². The summed E-state index contributed by atoms with van der Waals surface area (Å²) in [7, 11) is 0. The maximum Gasteiger partial charge on any atom is 0.417 e. The van der Waals surface area contributed by atoms with Crippen molar-refractivity contribution in [3.8, 4) is 0 Å². The molecule has 110 valence electrons. The SMILES string of the molecule is FC(F)(F)c1ccc(N2CCC3(CC2)OCCO3)nc1. The number of hydrogen-bond acceptors (Lipinski definition) is 4. The van der Waals surface area contributed by atoms with Crippen LogP contribution in [0.1, 0.15) is 18.4 Å². The lowest BCUT2D eigenvalue weighted by Gasteiger charge is -2.38. The van der Waals surface area contributed by atoms with E-state index in [0.29, 0.717) is 45.0 Å². The Morgan fingerprint density at radius 3 is 2.25 bits per heavy atom.